The Hall–Kier alpha value is -3.70. The first-order valence-electron chi connectivity index (χ1n) is 28.1. The number of carbonyl (C=O) groups is 2. The Morgan fingerprint density at radius 2 is 0.676 bits per heavy atom. The zero-order valence-electron chi connectivity index (χ0n) is 44.3. The van der Waals surface area contributed by atoms with E-state index in [9.17, 15) is 9.59 Å². The van der Waals surface area contributed by atoms with Gasteiger partial charge in [-0.1, -0.05) is 226 Å². The van der Waals surface area contributed by atoms with Crippen LogP contribution in [0.4, 0.5) is 0 Å². The highest BCUT2D eigenvalue weighted by atomic mass is 16.6. The number of unbranched alkanes of at least 4 members (excludes halogenated alkanes) is 19. The van der Waals surface area contributed by atoms with Gasteiger partial charge in [0.15, 0.2) is 6.10 Å². The molecule has 0 bridgehead atoms. The number of rotatable bonds is 50. The van der Waals surface area contributed by atoms with Gasteiger partial charge in [-0.15, -0.1) is 0 Å². The van der Waals surface area contributed by atoms with E-state index in [-0.39, 0.29) is 25.2 Å². The summed E-state index contributed by atoms with van der Waals surface area (Å²) in [6.07, 6.45) is 80.8. The van der Waals surface area contributed by atoms with Crippen LogP contribution in [0.15, 0.2) is 122 Å². The highest BCUT2D eigenvalue weighted by Crippen LogP contribution is 2.13. The summed E-state index contributed by atoms with van der Waals surface area (Å²) < 4.78 is 17.4. The second kappa shape index (κ2) is 57.6. The van der Waals surface area contributed by atoms with Crippen LogP contribution in [-0.2, 0) is 23.8 Å². The minimum absolute atomic E-state index is 0.0426. The zero-order valence-corrected chi connectivity index (χ0v) is 44.3. The molecular formula is C63H104O5. The van der Waals surface area contributed by atoms with Crippen LogP contribution in [0.3, 0.4) is 0 Å². The molecule has 0 aliphatic heterocycles. The summed E-state index contributed by atoms with van der Waals surface area (Å²) in [6, 6.07) is 0. The van der Waals surface area contributed by atoms with E-state index in [0.717, 1.165) is 109 Å². The average molecular weight is 942 g/mol. The van der Waals surface area contributed by atoms with Gasteiger partial charge >= 0.3 is 11.9 Å². The molecule has 0 aromatic carbocycles. The highest BCUT2D eigenvalue weighted by molar-refractivity contribution is 5.70. The number of allylic oxidation sites excluding steroid dienone is 20. The van der Waals surface area contributed by atoms with Gasteiger partial charge in [-0.05, 0) is 122 Å². The van der Waals surface area contributed by atoms with E-state index in [1.54, 1.807) is 0 Å². The predicted octanol–water partition coefficient (Wildman–Crippen LogP) is 19.3. The van der Waals surface area contributed by atoms with Gasteiger partial charge in [-0.25, -0.2) is 0 Å². The minimum Gasteiger partial charge on any atom is -0.462 e. The summed E-state index contributed by atoms with van der Waals surface area (Å²) >= 11 is 0. The molecule has 68 heavy (non-hydrogen) atoms. The minimum atomic E-state index is -0.576. The summed E-state index contributed by atoms with van der Waals surface area (Å²) in [5, 5.41) is 0. The quantitative estimate of drug-likeness (QED) is 0.0345. The normalized spacial score (nSPS) is 13.2. The van der Waals surface area contributed by atoms with Crippen LogP contribution >= 0.6 is 0 Å². The summed E-state index contributed by atoms with van der Waals surface area (Å²) in [6.45, 7) is 7.49. The molecule has 0 aromatic rings. The second-order valence-electron chi connectivity index (χ2n) is 18.1. The standard InChI is InChI=1S/C63H104O5/c1-4-7-10-13-16-19-22-25-28-31-34-37-40-43-46-49-52-55-58-66-59-61(68-63(65)57-54-51-48-45-42-39-36-33-30-27-24-21-18-15-12-9-6-3)60-67-62(64)56-53-50-47-44-41-38-35-32-29-26-23-20-17-14-11-8-5-2/h7-8,10-11,16-21,25-30,35,38,44,47,61H,4-6,9,12-15,22-24,31-34,36-37,39-43,45-46,48-60H2,1-3H3/b10-7-,11-8-,19-16-,20-17-,21-18-,28-25-,29-26-,30-27-,38-35-,47-44-. The molecule has 0 aliphatic rings. The Morgan fingerprint density at radius 1 is 0.338 bits per heavy atom. The lowest BCUT2D eigenvalue weighted by atomic mass is 10.1. The largest absolute Gasteiger partial charge is 0.462 e. The van der Waals surface area contributed by atoms with Crippen molar-refractivity contribution in [3.05, 3.63) is 122 Å². The number of esters is 2. The monoisotopic (exact) mass is 941 g/mol. The van der Waals surface area contributed by atoms with Gasteiger partial charge in [0.05, 0.1) is 6.61 Å². The average Bonchev–Trinajstić information content (AvgIpc) is 3.34. The van der Waals surface area contributed by atoms with Crippen molar-refractivity contribution in [1.29, 1.82) is 0 Å². The van der Waals surface area contributed by atoms with Crippen molar-refractivity contribution in [3.63, 3.8) is 0 Å². The van der Waals surface area contributed by atoms with Gasteiger partial charge < -0.3 is 14.2 Å². The Labute approximate surface area is 420 Å². The second-order valence-corrected chi connectivity index (χ2v) is 18.1. The van der Waals surface area contributed by atoms with Crippen LogP contribution in [0.5, 0.6) is 0 Å². The third kappa shape index (κ3) is 54.9. The van der Waals surface area contributed by atoms with Gasteiger partial charge in [0, 0.05) is 19.4 Å². The first kappa shape index (κ1) is 64.3. The molecule has 0 radical (unpaired) electrons. The number of ether oxygens (including phenoxy) is 3. The van der Waals surface area contributed by atoms with Gasteiger partial charge in [-0.2, -0.15) is 0 Å². The van der Waals surface area contributed by atoms with Crippen molar-refractivity contribution in [3.8, 4) is 0 Å². The Balaban J connectivity index is 4.41. The predicted molar refractivity (Wildman–Crippen MR) is 297 cm³/mol. The molecule has 1 atom stereocenters. The maximum Gasteiger partial charge on any atom is 0.306 e. The highest BCUT2D eigenvalue weighted by Gasteiger charge is 2.17. The van der Waals surface area contributed by atoms with Crippen molar-refractivity contribution in [2.45, 2.75) is 245 Å². The summed E-state index contributed by atoms with van der Waals surface area (Å²) in [5.41, 5.74) is 0. The zero-order chi connectivity index (χ0) is 49.2. The van der Waals surface area contributed by atoms with Gasteiger partial charge in [0.25, 0.3) is 0 Å². The van der Waals surface area contributed by atoms with Gasteiger partial charge in [0.2, 0.25) is 0 Å². The summed E-state index contributed by atoms with van der Waals surface area (Å²) in [5.74, 6) is -0.481. The van der Waals surface area contributed by atoms with Gasteiger partial charge in [-0.3, -0.25) is 9.59 Å². The summed E-state index contributed by atoms with van der Waals surface area (Å²) in [4.78, 5) is 25.5. The maximum absolute atomic E-state index is 12.9. The SMILES string of the molecule is CC/C=C\C/C=C\C/C=C\C/C=C\C/C=C\CCCC(=O)OCC(COCCCCCCCCCC/C=C\C/C=C\C/C=C\CC)OC(=O)CCCCCCCCC/C=C\C/C=C\CCCCC. The Bertz CT molecular complexity index is 1390. The molecule has 5 nitrogen and oxygen atoms in total. The van der Waals surface area contributed by atoms with Crippen molar-refractivity contribution in [2.75, 3.05) is 19.8 Å². The molecule has 0 aromatic heterocycles. The van der Waals surface area contributed by atoms with E-state index in [1.807, 2.05) is 0 Å². The van der Waals surface area contributed by atoms with Crippen molar-refractivity contribution < 1.29 is 23.8 Å². The molecule has 0 rings (SSSR count). The van der Waals surface area contributed by atoms with Crippen molar-refractivity contribution in [2.24, 2.45) is 0 Å². The Morgan fingerprint density at radius 3 is 1.10 bits per heavy atom. The molecule has 386 valence electrons. The van der Waals surface area contributed by atoms with E-state index >= 15 is 0 Å². The topological polar surface area (TPSA) is 61.8 Å². The lowest BCUT2D eigenvalue weighted by Crippen LogP contribution is -2.30. The van der Waals surface area contributed by atoms with E-state index in [0.29, 0.717) is 19.4 Å². The molecule has 0 aliphatic carbocycles. The van der Waals surface area contributed by atoms with E-state index in [1.165, 1.54) is 96.3 Å². The molecule has 0 saturated heterocycles. The molecule has 0 heterocycles. The molecule has 0 fully saturated rings. The van der Waals surface area contributed by atoms with Gasteiger partial charge in [0.1, 0.15) is 6.61 Å². The molecule has 0 N–H and O–H groups in total. The maximum atomic E-state index is 12.9. The first-order valence-corrected chi connectivity index (χ1v) is 28.1. The van der Waals surface area contributed by atoms with Crippen molar-refractivity contribution >= 4 is 11.9 Å². The van der Waals surface area contributed by atoms with Crippen molar-refractivity contribution in [1.82, 2.24) is 0 Å². The third-order valence-corrected chi connectivity index (χ3v) is 11.5. The fourth-order valence-electron chi connectivity index (χ4n) is 7.35. The van der Waals surface area contributed by atoms with E-state index in [2.05, 4.69) is 142 Å². The number of hydrogen-bond donors (Lipinski definition) is 0. The molecule has 5 heteroatoms. The molecule has 0 amide bonds. The number of carbonyl (C=O) groups excluding carboxylic acids is 2. The lowest BCUT2D eigenvalue weighted by Gasteiger charge is -2.18. The van der Waals surface area contributed by atoms with Crippen LogP contribution in [-0.4, -0.2) is 37.9 Å². The lowest BCUT2D eigenvalue weighted by molar-refractivity contribution is -0.163. The smallest absolute Gasteiger partial charge is 0.306 e. The van der Waals surface area contributed by atoms with Crippen LogP contribution < -0.4 is 0 Å². The molecule has 0 saturated carbocycles. The van der Waals surface area contributed by atoms with Crippen LogP contribution in [0, 0.1) is 0 Å². The third-order valence-electron chi connectivity index (χ3n) is 11.5. The van der Waals surface area contributed by atoms with Crippen LogP contribution in [0.1, 0.15) is 239 Å². The fourth-order valence-corrected chi connectivity index (χ4v) is 7.35. The van der Waals surface area contributed by atoms with E-state index < -0.39 is 6.10 Å². The number of hydrogen-bond acceptors (Lipinski definition) is 5. The molecule has 1 unspecified atom stereocenters. The van der Waals surface area contributed by atoms with E-state index in [4.69, 9.17) is 14.2 Å². The Kier molecular flexibility index (Phi) is 54.5. The molecule has 0 spiro atoms. The van der Waals surface area contributed by atoms with Crippen LogP contribution in [0.25, 0.3) is 0 Å². The molecular weight excluding hydrogens is 837 g/mol. The van der Waals surface area contributed by atoms with Crippen LogP contribution in [0.2, 0.25) is 0 Å². The summed E-state index contributed by atoms with van der Waals surface area (Å²) in [7, 11) is 0. The first-order chi connectivity index (χ1) is 33.6. The fraction of sp³-hybridized carbons (Fsp3) is 0.651.